The summed E-state index contributed by atoms with van der Waals surface area (Å²) in [6.07, 6.45) is 0. The molecule has 102 valence electrons. The van der Waals surface area contributed by atoms with E-state index in [1.54, 1.807) is 30.3 Å². The fraction of sp³-hybridized carbons (Fsp3) is 0.0833. The van der Waals surface area contributed by atoms with Crippen LogP contribution in [0.4, 0.5) is 11.5 Å². The Kier molecular flexibility index (Phi) is 3.85. The molecule has 0 saturated carbocycles. The lowest BCUT2D eigenvalue weighted by molar-refractivity contribution is 0.101. The minimum absolute atomic E-state index is 0.182. The number of carbonyl (C=O) groups excluding carboxylic acids is 1. The average molecular weight is 274 g/mol. The van der Waals surface area contributed by atoms with Crippen molar-refractivity contribution in [2.45, 2.75) is 0 Å². The van der Waals surface area contributed by atoms with E-state index >= 15 is 0 Å². The van der Waals surface area contributed by atoms with E-state index in [4.69, 9.17) is 0 Å². The summed E-state index contributed by atoms with van der Waals surface area (Å²) in [4.78, 5) is 48.9. The average Bonchev–Trinajstić information content (AvgIpc) is 2.45. The Morgan fingerprint density at radius 2 is 1.85 bits per heavy atom. The van der Waals surface area contributed by atoms with E-state index in [9.17, 15) is 19.3 Å². The normalized spacial score (nSPS) is 10.0. The maximum absolute atomic E-state index is 11.8. The van der Waals surface area contributed by atoms with Gasteiger partial charge in [0.1, 0.15) is 5.82 Å². The van der Waals surface area contributed by atoms with Crippen molar-refractivity contribution in [1.82, 2.24) is 9.97 Å². The predicted molar refractivity (Wildman–Crippen MR) is 72.4 cm³/mol. The smallest absolute Gasteiger partial charge is 0.327 e. The maximum atomic E-state index is 11.8. The number of H-pyrrole nitrogens is 2. The lowest BCUT2D eigenvalue weighted by Gasteiger charge is -2.06. The molecular formula is C12H10N4O4. The van der Waals surface area contributed by atoms with Gasteiger partial charge in [-0.25, -0.2) is 4.79 Å². The number of hydrogen-bond donors (Lipinski definition) is 3. The van der Waals surface area contributed by atoms with Gasteiger partial charge < -0.3 is 5.32 Å². The molecular weight excluding hydrogens is 264 g/mol. The molecule has 8 nitrogen and oxygen atoms in total. The highest BCUT2D eigenvalue weighted by atomic mass is 16.3. The predicted octanol–water partition coefficient (Wildman–Crippen LogP) is 0.756. The number of aromatic amines is 2. The molecule has 1 heterocycles. The first-order valence-corrected chi connectivity index (χ1v) is 5.64. The number of rotatable bonds is 5. The van der Waals surface area contributed by atoms with Gasteiger partial charge in [0.2, 0.25) is 5.69 Å². The fourth-order valence-electron chi connectivity index (χ4n) is 1.59. The summed E-state index contributed by atoms with van der Waals surface area (Å²) in [5.41, 5.74) is -1.76. The molecule has 3 N–H and O–H groups in total. The fourth-order valence-corrected chi connectivity index (χ4v) is 1.59. The van der Waals surface area contributed by atoms with Crippen LogP contribution < -0.4 is 16.6 Å². The topological polar surface area (TPSA) is 124 Å². The zero-order chi connectivity index (χ0) is 14.5. The number of Topliss-reactive ketones (excluding diaryl/α,β-unsaturated/α-hetero) is 1. The van der Waals surface area contributed by atoms with E-state index in [-0.39, 0.29) is 18.1 Å². The molecule has 0 aliphatic rings. The van der Waals surface area contributed by atoms with Gasteiger partial charge in [-0.1, -0.05) is 30.3 Å². The molecule has 0 radical (unpaired) electrons. The maximum Gasteiger partial charge on any atom is 0.327 e. The van der Waals surface area contributed by atoms with Gasteiger partial charge in [0.05, 0.1) is 6.54 Å². The molecule has 0 unspecified atom stereocenters. The third-order valence-electron chi connectivity index (χ3n) is 2.53. The summed E-state index contributed by atoms with van der Waals surface area (Å²) in [7, 11) is 0. The Hall–Kier alpha value is -3.03. The summed E-state index contributed by atoms with van der Waals surface area (Å²) < 4.78 is 0. The molecule has 1 aromatic carbocycles. The van der Waals surface area contributed by atoms with Gasteiger partial charge in [-0.15, -0.1) is 4.91 Å². The third kappa shape index (κ3) is 2.86. The molecule has 0 aliphatic carbocycles. The lowest BCUT2D eigenvalue weighted by atomic mass is 10.1. The monoisotopic (exact) mass is 274 g/mol. The van der Waals surface area contributed by atoms with Gasteiger partial charge in [-0.3, -0.25) is 19.6 Å². The number of nitroso groups, excluding NO2 is 1. The summed E-state index contributed by atoms with van der Waals surface area (Å²) in [5.74, 6) is -0.443. The van der Waals surface area contributed by atoms with Crippen molar-refractivity contribution in [3.05, 3.63) is 61.6 Å². The molecule has 8 heteroatoms. The van der Waals surface area contributed by atoms with Crippen molar-refractivity contribution in [1.29, 1.82) is 0 Å². The highest BCUT2D eigenvalue weighted by molar-refractivity contribution is 5.99. The highest BCUT2D eigenvalue weighted by Gasteiger charge is 2.11. The molecule has 0 amide bonds. The van der Waals surface area contributed by atoms with Gasteiger partial charge in [0.15, 0.2) is 5.78 Å². The third-order valence-corrected chi connectivity index (χ3v) is 2.53. The highest BCUT2D eigenvalue weighted by Crippen LogP contribution is 2.14. The van der Waals surface area contributed by atoms with Crippen LogP contribution in [0.15, 0.2) is 45.1 Å². The SMILES string of the molecule is O=Nc1c(NCC(=O)c2ccccc2)[nH]c(=O)[nH]c1=O. The van der Waals surface area contributed by atoms with Crippen molar-refractivity contribution in [2.24, 2.45) is 5.18 Å². The van der Waals surface area contributed by atoms with Crippen molar-refractivity contribution in [2.75, 3.05) is 11.9 Å². The second-order valence-electron chi connectivity index (χ2n) is 3.87. The molecule has 0 saturated heterocycles. The minimum atomic E-state index is -0.918. The lowest BCUT2D eigenvalue weighted by Crippen LogP contribution is -2.25. The Balaban J connectivity index is 2.20. The van der Waals surface area contributed by atoms with E-state index in [1.807, 2.05) is 4.98 Å². The minimum Gasteiger partial charge on any atom is -0.362 e. The second-order valence-corrected chi connectivity index (χ2v) is 3.87. The van der Waals surface area contributed by atoms with Crippen LogP contribution in [0, 0.1) is 4.91 Å². The van der Waals surface area contributed by atoms with Crippen molar-refractivity contribution >= 4 is 17.3 Å². The van der Waals surface area contributed by atoms with Crippen LogP contribution in [0.1, 0.15) is 10.4 Å². The molecule has 0 aliphatic heterocycles. The summed E-state index contributed by atoms with van der Waals surface area (Å²) in [6.45, 7) is -0.189. The summed E-state index contributed by atoms with van der Waals surface area (Å²) >= 11 is 0. The molecule has 2 aromatic rings. The van der Waals surface area contributed by atoms with E-state index in [2.05, 4.69) is 15.5 Å². The number of carbonyl (C=O) groups is 1. The molecule has 1 aromatic heterocycles. The Morgan fingerprint density at radius 1 is 1.15 bits per heavy atom. The van der Waals surface area contributed by atoms with Crippen molar-refractivity contribution in [3.8, 4) is 0 Å². The molecule has 0 fully saturated rings. The first-order valence-electron chi connectivity index (χ1n) is 5.64. The van der Waals surface area contributed by atoms with E-state index in [0.717, 1.165) is 0 Å². The molecule has 0 atom stereocenters. The Labute approximate surface area is 111 Å². The van der Waals surface area contributed by atoms with Gasteiger partial charge in [0, 0.05) is 5.56 Å². The molecule has 0 spiro atoms. The van der Waals surface area contributed by atoms with E-state index in [1.165, 1.54) is 0 Å². The van der Waals surface area contributed by atoms with E-state index in [0.29, 0.717) is 5.56 Å². The van der Waals surface area contributed by atoms with Crippen LogP contribution in [-0.4, -0.2) is 22.3 Å². The number of benzene rings is 1. The second kappa shape index (κ2) is 5.74. The Morgan fingerprint density at radius 3 is 2.50 bits per heavy atom. The molecule has 0 bridgehead atoms. The molecule has 2 rings (SSSR count). The quantitative estimate of drug-likeness (QED) is 0.548. The zero-order valence-electron chi connectivity index (χ0n) is 10.2. The number of aromatic nitrogens is 2. The molecule has 20 heavy (non-hydrogen) atoms. The zero-order valence-corrected chi connectivity index (χ0v) is 10.2. The van der Waals surface area contributed by atoms with Crippen molar-refractivity contribution in [3.63, 3.8) is 0 Å². The Bertz CT molecular complexity index is 748. The van der Waals surface area contributed by atoms with Crippen LogP contribution >= 0.6 is 0 Å². The van der Waals surface area contributed by atoms with Gasteiger partial charge in [-0.05, 0) is 5.18 Å². The largest absolute Gasteiger partial charge is 0.362 e. The van der Waals surface area contributed by atoms with Crippen LogP contribution in [0.2, 0.25) is 0 Å². The number of nitrogens with zero attached hydrogens (tertiary/aromatic N) is 1. The van der Waals surface area contributed by atoms with E-state index < -0.39 is 16.9 Å². The van der Waals surface area contributed by atoms with Gasteiger partial charge in [-0.2, -0.15) is 0 Å². The van der Waals surface area contributed by atoms with Crippen LogP contribution in [-0.2, 0) is 0 Å². The standard InChI is InChI=1S/C12H10N4O4/c17-8(7-4-2-1-3-5-7)6-13-10-9(16-20)11(18)15-12(19)14-10/h1-5H,6H2,(H3,13,14,15,18,19). The first-order chi connectivity index (χ1) is 9.61. The van der Waals surface area contributed by atoms with Crippen LogP contribution in [0.5, 0.6) is 0 Å². The number of nitrogens with one attached hydrogen (secondary N) is 3. The van der Waals surface area contributed by atoms with Gasteiger partial charge in [0.25, 0.3) is 5.56 Å². The van der Waals surface area contributed by atoms with Crippen LogP contribution in [0.3, 0.4) is 0 Å². The van der Waals surface area contributed by atoms with Crippen LogP contribution in [0.25, 0.3) is 0 Å². The van der Waals surface area contributed by atoms with Gasteiger partial charge >= 0.3 is 5.69 Å². The number of ketones is 1. The first kappa shape index (κ1) is 13.4. The number of anilines is 1. The number of hydrogen-bond acceptors (Lipinski definition) is 6. The summed E-state index contributed by atoms with van der Waals surface area (Å²) in [5, 5.41) is 5.05. The summed E-state index contributed by atoms with van der Waals surface area (Å²) in [6, 6.07) is 8.45. The van der Waals surface area contributed by atoms with Crippen molar-refractivity contribution < 1.29 is 4.79 Å².